The Kier molecular flexibility index (Phi) is 3.60. The van der Waals surface area contributed by atoms with Crippen LogP contribution in [0.4, 0.5) is 0 Å². The molecular weight excluding hydrogens is 394 g/mol. The second kappa shape index (κ2) is 5.23. The lowest BCUT2D eigenvalue weighted by molar-refractivity contribution is 1.23. The van der Waals surface area contributed by atoms with Gasteiger partial charge in [-0.25, -0.2) is 9.97 Å². The molecule has 0 bridgehead atoms. The number of rotatable bonds is 1. The molecule has 0 aliphatic heterocycles. The Morgan fingerprint density at radius 1 is 0.947 bits per heavy atom. The first-order valence-electron chi connectivity index (χ1n) is 5.53. The molecule has 0 spiro atoms. The van der Waals surface area contributed by atoms with Crippen LogP contribution in [-0.4, -0.2) is 9.97 Å². The Morgan fingerprint density at radius 2 is 1.74 bits per heavy atom. The molecule has 0 radical (unpaired) electrons. The molecule has 2 nitrogen and oxygen atoms in total. The molecule has 5 heteroatoms. The molecule has 2 aromatic carbocycles. The van der Waals surface area contributed by atoms with E-state index in [9.17, 15) is 0 Å². The van der Waals surface area contributed by atoms with Crippen LogP contribution in [0.1, 0.15) is 0 Å². The fraction of sp³-hybridized carbons (Fsp3) is 0. The Balaban J connectivity index is 2.27. The van der Waals surface area contributed by atoms with Gasteiger partial charge in [-0.1, -0.05) is 35.3 Å². The molecule has 1 heterocycles. The lowest BCUT2D eigenvalue weighted by atomic mass is 10.2. The molecule has 0 aliphatic rings. The van der Waals surface area contributed by atoms with E-state index in [1.54, 1.807) is 0 Å². The van der Waals surface area contributed by atoms with E-state index in [4.69, 9.17) is 23.2 Å². The van der Waals surface area contributed by atoms with E-state index in [1.807, 2.05) is 42.5 Å². The van der Waals surface area contributed by atoms with Gasteiger partial charge in [0.05, 0.1) is 10.5 Å². The Hall–Kier alpha value is -0.910. The Bertz CT molecular complexity index is 774. The predicted molar refractivity (Wildman–Crippen MR) is 87.7 cm³/mol. The molecule has 0 unspecified atom stereocenters. The van der Waals surface area contributed by atoms with Gasteiger partial charge in [0.1, 0.15) is 5.15 Å². The highest BCUT2D eigenvalue weighted by atomic mass is 127. The summed E-state index contributed by atoms with van der Waals surface area (Å²) in [7, 11) is 0. The van der Waals surface area contributed by atoms with Crippen molar-refractivity contribution in [3.8, 4) is 11.4 Å². The summed E-state index contributed by atoms with van der Waals surface area (Å²) < 4.78 is 1.10. The van der Waals surface area contributed by atoms with Crippen molar-refractivity contribution in [2.24, 2.45) is 0 Å². The molecule has 3 aromatic rings. The van der Waals surface area contributed by atoms with Crippen LogP contribution in [0.3, 0.4) is 0 Å². The molecule has 0 aliphatic carbocycles. The molecule has 19 heavy (non-hydrogen) atoms. The van der Waals surface area contributed by atoms with Gasteiger partial charge in [-0.05, 0) is 52.9 Å². The van der Waals surface area contributed by atoms with Crippen LogP contribution in [-0.2, 0) is 0 Å². The van der Waals surface area contributed by atoms with E-state index in [0.717, 1.165) is 20.0 Å². The zero-order valence-electron chi connectivity index (χ0n) is 9.57. The highest BCUT2D eigenvalue weighted by molar-refractivity contribution is 14.1. The number of halogens is 3. The van der Waals surface area contributed by atoms with Crippen LogP contribution >= 0.6 is 45.8 Å². The third-order valence-electron chi connectivity index (χ3n) is 2.73. The molecule has 94 valence electrons. The summed E-state index contributed by atoms with van der Waals surface area (Å²) in [5.74, 6) is 0.546. The minimum Gasteiger partial charge on any atom is -0.228 e. The van der Waals surface area contributed by atoms with Gasteiger partial charge in [-0.3, -0.25) is 0 Å². The van der Waals surface area contributed by atoms with E-state index in [2.05, 4.69) is 32.6 Å². The standard InChI is InChI=1S/C14H7Cl2IN2/c15-11-4-2-1-3-9(11)14-18-12-6-5-8(17)7-10(12)13(16)19-14/h1-7H. The number of benzene rings is 2. The number of hydrogen-bond donors (Lipinski definition) is 0. The topological polar surface area (TPSA) is 25.8 Å². The average Bonchev–Trinajstić information content (AvgIpc) is 2.40. The van der Waals surface area contributed by atoms with Crippen molar-refractivity contribution in [1.82, 2.24) is 9.97 Å². The van der Waals surface area contributed by atoms with E-state index in [0.29, 0.717) is 16.0 Å². The van der Waals surface area contributed by atoms with Gasteiger partial charge < -0.3 is 0 Å². The normalized spacial score (nSPS) is 10.9. The summed E-state index contributed by atoms with van der Waals surface area (Å²) in [6.07, 6.45) is 0. The first-order chi connectivity index (χ1) is 9.15. The minimum absolute atomic E-state index is 0.443. The maximum atomic E-state index is 6.24. The number of fused-ring (bicyclic) bond motifs is 1. The molecule has 1 aromatic heterocycles. The zero-order chi connectivity index (χ0) is 13.4. The highest BCUT2D eigenvalue weighted by Crippen LogP contribution is 2.29. The van der Waals surface area contributed by atoms with Crippen molar-refractivity contribution in [2.45, 2.75) is 0 Å². The third-order valence-corrected chi connectivity index (χ3v) is 4.01. The lowest BCUT2D eigenvalue weighted by Crippen LogP contribution is -1.92. The monoisotopic (exact) mass is 400 g/mol. The van der Waals surface area contributed by atoms with Crippen LogP contribution in [0.2, 0.25) is 10.2 Å². The summed E-state index contributed by atoms with van der Waals surface area (Å²) >= 11 is 14.6. The molecule has 3 rings (SSSR count). The fourth-order valence-corrected chi connectivity index (χ4v) is 2.77. The molecule has 0 amide bonds. The average molecular weight is 401 g/mol. The van der Waals surface area contributed by atoms with Crippen molar-refractivity contribution in [2.75, 3.05) is 0 Å². The quantitative estimate of drug-likeness (QED) is 0.414. The van der Waals surface area contributed by atoms with Gasteiger partial charge >= 0.3 is 0 Å². The maximum Gasteiger partial charge on any atom is 0.162 e. The van der Waals surface area contributed by atoms with Gasteiger partial charge in [0, 0.05) is 14.5 Å². The summed E-state index contributed by atoms with van der Waals surface area (Å²) in [4.78, 5) is 8.86. The molecule has 0 N–H and O–H groups in total. The van der Waals surface area contributed by atoms with Crippen molar-refractivity contribution in [1.29, 1.82) is 0 Å². The Morgan fingerprint density at radius 3 is 2.53 bits per heavy atom. The van der Waals surface area contributed by atoms with Gasteiger partial charge in [0.25, 0.3) is 0 Å². The largest absolute Gasteiger partial charge is 0.228 e. The van der Waals surface area contributed by atoms with Crippen LogP contribution in [0, 0.1) is 3.57 Å². The van der Waals surface area contributed by atoms with E-state index >= 15 is 0 Å². The molecule has 0 atom stereocenters. The number of hydrogen-bond acceptors (Lipinski definition) is 2. The second-order valence-corrected chi connectivity index (χ2v) is 5.99. The van der Waals surface area contributed by atoms with Crippen molar-refractivity contribution in [3.05, 3.63) is 56.2 Å². The van der Waals surface area contributed by atoms with Crippen LogP contribution in [0.25, 0.3) is 22.3 Å². The summed E-state index contributed by atoms with van der Waals surface area (Å²) in [5, 5.41) is 1.91. The smallest absolute Gasteiger partial charge is 0.162 e. The van der Waals surface area contributed by atoms with Gasteiger partial charge in [0.2, 0.25) is 0 Å². The molecule has 0 fully saturated rings. The third kappa shape index (κ3) is 2.55. The van der Waals surface area contributed by atoms with Crippen LogP contribution in [0.15, 0.2) is 42.5 Å². The summed E-state index contributed by atoms with van der Waals surface area (Å²) in [6, 6.07) is 13.4. The van der Waals surface area contributed by atoms with Gasteiger partial charge in [-0.2, -0.15) is 0 Å². The lowest BCUT2D eigenvalue weighted by Gasteiger charge is -2.06. The summed E-state index contributed by atoms with van der Waals surface area (Å²) in [5.41, 5.74) is 1.60. The highest BCUT2D eigenvalue weighted by Gasteiger charge is 2.10. The maximum absolute atomic E-state index is 6.24. The van der Waals surface area contributed by atoms with Gasteiger partial charge in [-0.15, -0.1) is 0 Å². The minimum atomic E-state index is 0.443. The van der Waals surface area contributed by atoms with E-state index in [-0.39, 0.29) is 0 Å². The predicted octanol–water partition coefficient (Wildman–Crippen LogP) is 5.21. The Labute approximate surface area is 133 Å². The van der Waals surface area contributed by atoms with Crippen molar-refractivity contribution >= 4 is 56.7 Å². The fourth-order valence-electron chi connectivity index (χ4n) is 1.83. The first kappa shape index (κ1) is 13.1. The van der Waals surface area contributed by atoms with Crippen LogP contribution < -0.4 is 0 Å². The van der Waals surface area contributed by atoms with Crippen molar-refractivity contribution in [3.63, 3.8) is 0 Å². The first-order valence-corrected chi connectivity index (χ1v) is 7.36. The van der Waals surface area contributed by atoms with E-state index < -0.39 is 0 Å². The van der Waals surface area contributed by atoms with E-state index in [1.165, 1.54) is 0 Å². The zero-order valence-corrected chi connectivity index (χ0v) is 13.2. The van der Waals surface area contributed by atoms with Gasteiger partial charge in [0.15, 0.2) is 5.82 Å². The molecule has 0 saturated heterocycles. The van der Waals surface area contributed by atoms with Crippen LogP contribution in [0.5, 0.6) is 0 Å². The van der Waals surface area contributed by atoms with Crippen molar-refractivity contribution < 1.29 is 0 Å². The molecular formula is C14H7Cl2IN2. The SMILES string of the molecule is Clc1ccccc1-c1nc(Cl)c2cc(I)ccc2n1. The number of nitrogens with zero attached hydrogens (tertiary/aromatic N) is 2. The number of aromatic nitrogens is 2. The second-order valence-electron chi connectivity index (χ2n) is 3.98. The molecule has 0 saturated carbocycles. The summed E-state index contributed by atoms with van der Waals surface area (Å²) in [6.45, 7) is 0.